The molecule has 2 heteroatoms. The summed E-state index contributed by atoms with van der Waals surface area (Å²) in [5.74, 6) is 1.01. The maximum absolute atomic E-state index is 3.46. The first kappa shape index (κ1) is 13.4. The molecule has 0 radical (unpaired) electrons. The number of nitrogens with one attached hydrogen (secondary N) is 1. The second-order valence-corrected chi connectivity index (χ2v) is 5.90. The summed E-state index contributed by atoms with van der Waals surface area (Å²) < 4.78 is 0. The van der Waals surface area contributed by atoms with E-state index in [1.54, 1.807) is 0 Å². The minimum atomic E-state index is 0.924. The molecule has 17 heavy (non-hydrogen) atoms. The number of hydrogen-bond acceptors (Lipinski definition) is 2. The van der Waals surface area contributed by atoms with Crippen LogP contribution in [0, 0.1) is 5.92 Å². The lowest BCUT2D eigenvalue weighted by Crippen LogP contribution is -2.34. The van der Waals surface area contributed by atoms with Gasteiger partial charge >= 0.3 is 0 Å². The van der Waals surface area contributed by atoms with Crippen LogP contribution in [0.15, 0.2) is 0 Å². The first-order chi connectivity index (χ1) is 8.40. The molecule has 1 aliphatic carbocycles. The first-order valence-corrected chi connectivity index (χ1v) is 7.85. The SMILES string of the molecule is CCN(CCCC1CCNCC1)C1CCCC1. The van der Waals surface area contributed by atoms with E-state index in [4.69, 9.17) is 0 Å². The number of hydrogen-bond donors (Lipinski definition) is 1. The third-order valence-electron chi connectivity index (χ3n) is 4.76. The molecule has 100 valence electrons. The van der Waals surface area contributed by atoms with Crippen molar-refractivity contribution in [3.63, 3.8) is 0 Å². The van der Waals surface area contributed by atoms with E-state index in [0.717, 1.165) is 12.0 Å². The molecule has 2 nitrogen and oxygen atoms in total. The Morgan fingerprint density at radius 3 is 2.41 bits per heavy atom. The van der Waals surface area contributed by atoms with E-state index in [1.807, 2.05) is 0 Å². The predicted molar refractivity (Wildman–Crippen MR) is 74.3 cm³/mol. The molecule has 0 spiro atoms. The molecule has 0 bridgehead atoms. The molecule has 2 aliphatic rings. The summed E-state index contributed by atoms with van der Waals surface area (Å²) in [5, 5.41) is 3.46. The van der Waals surface area contributed by atoms with Gasteiger partial charge < -0.3 is 10.2 Å². The molecule has 0 aromatic heterocycles. The zero-order valence-corrected chi connectivity index (χ0v) is 11.6. The van der Waals surface area contributed by atoms with Crippen molar-refractivity contribution in [3.05, 3.63) is 0 Å². The quantitative estimate of drug-likeness (QED) is 0.765. The second-order valence-electron chi connectivity index (χ2n) is 5.90. The molecular weight excluding hydrogens is 208 g/mol. The number of nitrogens with zero attached hydrogens (tertiary/aromatic N) is 1. The lowest BCUT2D eigenvalue weighted by atomic mass is 9.93. The smallest absolute Gasteiger partial charge is 0.00951 e. The molecule has 1 heterocycles. The van der Waals surface area contributed by atoms with E-state index in [2.05, 4.69) is 17.1 Å². The molecule has 0 atom stereocenters. The summed E-state index contributed by atoms with van der Waals surface area (Å²) >= 11 is 0. The monoisotopic (exact) mass is 238 g/mol. The second kappa shape index (κ2) is 7.38. The standard InChI is InChI=1S/C15H30N2/c1-2-17(15-7-3-4-8-15)13-5-6-14-9-11-16-12-10-14/h14-16H,2-13H2,1H3. The van der Waals surface area contributed by atoms with Crippen LogP contribution in [0.1, 0.15) is 58.3 Å². The van der Waals surface area contributed by atoms with E-state index in [0.29, 0.717) is 0 Å². The van der Waals surface area contributed by atoms with Gasteiger partial charge in [0.2, 0.25) is 0 Å². The predicted octanol–water partition coefficient (Wildman–Crippen LogP) is 3.03. The van der Waals surface area contributed by atoms with Gasteiger partial charge in [-0.1, -0.05) is 19.8 Å². The average molecular weight is 238 g/mol. The van der Waals surface area contributed by atoms with Crippen molar-refractivity contribution in [2.75, 3.05) is 26.2 Å². The van der Waals surface area contributed by atoms with Crippen molar-refractivity contribution in [1.82, 2.24) is 10.2 Å². The molecule has 2 rings (SSSR count). The Morgan fingerprint density at radius 2 is 1.76 bits per heavy atom. The van der Waals surface area contributed by atoms with E-state index >= 15 is 0 Å². The Labute approximate surface area is 107 Å². The largest absolute Gasteiger partial charge is 0.317 e. The Kier molecular flexibility index (Phi) is 5.79. The molecule has 0 unspecified atom stereocenters. The average Bonchev–Trinajstić information content (AvgIpc) is 2.90. The highest BCUT2D eigenvalue weighted by molar-refractivity contribution is 4.77. The van der Waals surface area contributed by atoms with Gasteiger partial charge in [-0.15, -0.1) is 0 Å². The van der Waals surface area contributed by atoms with Crippen LogP contribution in [0.25, 0.3) is 0 Å². The molecule has 2 fully saturated rings. The third-order valence-corrected chi connectivity index (χ3v) is 4.76. The Morgan fingerprint density at radius 1 is 1.06 bits per heavy atom. The topological polar surface area (TPSA) is 15.3 Å². The summed E-state index contributed by atoms with van der Waals surface area (Å²) in [4.78, 5) is 2.74. The van der Waals surface area contributed by atoms with Crippen molar-refractivity contribution in [1.29, 1.82) is 0 Å². The maximum atomic E-state index is 3.46. The fraction of sp³-hybridized carbons (Fsp3) is 1.00. The van der Waals surface area contributed by atoms with Crippen LogP contribution in [0.5, 0.6) is 0 Å². The van der Waals surface area contributed by atoms with E-state index in [9.17, 15) is 0 Å². The van der Waals surface area contributed by atoms with Crippen LogP contribution in [0.3, 0.4) is 0 Å². The Bertz CT molecular complexity index is 193. The molecule has 1 N–H and O–H groups in total. The highest BCUT2D eigenvalue weighted by Crippen LogP contribution is 2.24. The van der Waals surface area contributed by atoms with Gasteiger partial charge in [-0.2, -0.15) is 0 Å². The molecule has 1 saturated heterocycles. The van der Waals surface area contributed by atoms with Gasteiger partial charge in [0, 0.05) is 6.04 Å². The van der Waals surface area contributed by atoms with E-state index in [-0.39, 0.29) is 0 Å². The van der Waals surface area contributed by atoms with Crippen molar-refractivity contribution < 1.29 is 0 Å². The van der Waals surface area contributed by atoms with E-state index < -0.39 is 0 Å². The van der Waals surface area contributed by atoms with Gasteiger partial charge in [0.05, 0.1) is 0 Å². The molecular formula is C15H30N2. The van der Waals surface area contributed by atoms with Crippen LogP contribution in [0.4, 0.5) is 0 Å². The zero-order chi connectivity index (χ0) is 11.9. The lowest BCUT2D eigenvalue weighted by Gasteiger charge is -2.29. The van der Waals surface area contributed by atoms with Crippen molar-refractivity contribution in [2.24, 2.45) is 5.92 Å². The van der Waals surface area contributed by atoms with E-state index in [1.165, 1.54) is 77.5 Å². The highest BCUT2D eigenvalue weighted by Gasteiger charge is 2.21. The van der Waals surface area contributed by atoms with Gasteiger partial charge in [-0.3, -0.25) is 0 Å². The summed E-state index contributed by atoms with van der Waals surface area (Å²) in [6.45, 7) is 7.46. The van der Waals surface area contributed by atoms with Crippen molar-refractivity contribution >= 4 is 0 Å². The van der Waals surface area contributed by atoms with Crippen LogP contribution in [-0.2, 0) is 0 Å². The molecule has 0 aromatic rings. The molecule has 1 saturated carbocycles. The highest BCUT2D eigenvalue weighted by atomic mass is 15.1. The minimum Gasteiger partial charge on any atom is -0.317 e. The molecule has 0 amide bonds. The first-order valence-electron chi connectivity index (χ1n) is 7.85. The molecule has 1 aliphatic heterocycles. The number of rotatable bonds is 6. The van der Waals surface area contributed by atoms with Gasteiger partial charge in [0.25, 0.3) is 0 Å². The van der Waals surface area contributed by atoms with Crippen LogP contribution >= 0.6 is 0 Å². The van der Waals surface area contributed by atoms with Gasteiger partial charge in [-0.25, -0.2) is 0 Å². The van der Waals surface area contributed by atoms with Crippen molar-refractivity contribution in [3.8, 4) is 0 Å². The summed E-state index contributed by atoms with van der Waals surface area (Å²) in [7, 11) is 0. The third kappa shape index (κ3) is 4.26. The summed E-state index contributed by atoms with van der Waals surface area (Å²) in [6.07, 6.45) is 11.6. The zero-order valence-electron chi connectivity index (χ0n) is 11.6. The van der Waals surface area contributed by atoms with Crippen LogP contribution < -0.4 is 5.32 Å². The fourth-order valence-electron chi connectivity index (χ4n) is 3.62. The molecule has 0 aromatic carbocycles. The van der Waals surface area contributed by atoms with Crippen LogP contribution in [0.2, 0.25) is 0 Å². The van der Waals surface area contributed by atoms with Gasteiger partial charge in [-0.05, 0) is 70.6 Å². The lowest BCUT2D eigenvalue weighted by molar-refractivity contribution is 0.197. The minimum absolute atomic E-state index is 0.924. The number of piperidine rings is 1. The van der Waals surface area contributed by atoms with Gasteiger partial charge in [0.1, 0.15) is 0 Å². The Balaban J connectivity index is 1.61. The summed E-state index contributed by atoms with van der Waals surface area (Å²) in [5.41, 5.74) is 0. The fourth-order valence-corrected chi connectivity index (χ4v) is 3.62. The summed E-state index contributed by atoms with van der Waals surface area (Å²) in [6, 6.07) is 0.924. The maximum Gasteiger partial charge on any atom is 0.00951 e. The van der Waals surface area contributed by atoms with Crippen molar-refractivity contribution in [2.45, 2.75) is 64.3 Å². The Hall–Kier alpha value is -0.0800. The normalized spacial score (nSPS) is 23.6. The van der Waals surface area contributed by atoms with Gasteiger partial charge in [0.15, 0.2) is 0 Å². The van der Waals surface area contributed by atoms with Crippen LogP contribution in [-0.4, -0.2) is 37.1 Å².